The summed E-state index contributed by atoms with van der Waals surface area (Å²) in [4.78, 5) is 14.2. The van der Waals surface area contributed by atoms with E-state index in [1.807, 2.05) is 31.2 Å². The summed E-state index contributed by atoms with van der Waals surface area (Å²) in [6.45, 7) is 3.60. The largest absolute Gasteiger partial charge is 0.406 e. The van der Waals surface area contributed by atoms with Crippen molar-refractivity contribution in [2.24, 2.45) is 7.05 Å². The monoisotopic (exact) mass is 290 g/mol. The zero-order valence-corrected chi connectivity index (χ0v) is 12.1. The van der Waals surface area contributed by atoms with Crippen LogP contribution >= 0.6 is 0 Å². The van der Waals surface area contributed by atoms with E-state index in [4.69, 9.17) is 4.74 Å². The average Bonchev–Trinajstić information content (AvgIpc) is 2.85. The van der Waals surface area contributed by atoms with Crippen LogP contribution in [0.25, 0.3) is 0 Å². The number of rotatable bonds is 7. The molecule has 0 aliphatic rings. The lowest BCUT2D eigenvalue weighted by atomic mass is 10.1. The van der Waals surface area contributed by atoms with Gasteiger partial charge in [0.25, 0.3) is 0 Å². The average molecular weight is 290 g/mol. The highest BCUT2D eigenvalue weighted by atomic mass is 16.6. The number of imidazole rings is 1. The van der Waals surface area contributed by atoms with E-state index in [2.05, 4.69) is 10.3 Å². The van der Waals surface area contributed by atoms with Crippen molar-refractivity contribution in [2.45, 2.75) is 20.1 Å². The standard InChI is InChI=1S/C14H18N4O3/c1-3-21-9-12-7-5-4-6-11(12)8-15-13-14(18(19)20)16-10-17(13)2/h4-7,10,15H,3,8-9H2,1-2H3. The Morgan fingerprint density at radius 1 is 1.38 bits per heavy atom. The smallest absolute Gasteiger partial charge is 0.377 e. The van der Waals surface area contributed by atoms with E-state index in [9.17, 15) is 10.1 Å². The molecule has 0 atom stereocenters. The first kappa shape index (κ1) is 15.0. The van der Waals surface area contributed by atoms with Gasteiger partial charge >= 0.3 is 5.82 Å². The van der Waals surface area contributed by atoms with Crippen LogP contribution < -0.4 is 5.32 Å². The number of hydrogen-bond acceptors (Lipinski definition) is 5. The minimum absolute atomic E-state index is 0.167. The summed E-state index contributed by atoms with van der Waals surface area (Å²) in [5, 5.41) is 14.0. The van der Waals surface area contributed by atoms with Crippen LogP contribution in [0.5, 0.6) is 0 Å². The molecule has 0 spiro atoms. The molecule has 2 rings (SSSR count). The summed E-state index contributed by atoms with van der Waals surface area (Å²) in [6, 6.07) is 7.85. The summed E-state index contributed by atoms with van der Waals surface area (Å²) in [5.74, 6) is 0.228. The van der Waals surface area contributed by atoms with E-state index in [1.54, 1.807) is 11.6 Å². The third-order valence-corrected chi connectivity index (χ3v) is 3.12. The lowest BCUT2D eigenvalue weighted by molar-refractivity contribution is -0.388. The number of aromatic nitrogens is 2. The summed E-state index contributed by atoms with van der Waals surface area (Å²) in [7, 11) is 1.72. The highest BCUT2D eigenvalue weighted by molar-refractivity contribution is 5.52. The predicted octanol–water partition coefficient (Wildman–Crippen LogP) is 2.48. The van der Waals surface area contributed by atoms with Crippen molar-refractivity contribution in [3.8, 4) is 0 Å². The zero-order valence-electron chi connectivity index (χ0n) is 12.1. The molecule has 1 N–H and O–H groups in total. The van der Waals surface area contributed by atoms with E-state index < -0.39 is 4.92 Å². The van der Waals surface area contributed by atoms with Crippen LogP contribution in [0, 0.1) is 10.1 Å². The van der Waals surface area contributed by atoms with Gasteiger partial charge in [0.15, 0.2) is 0 Å². The molecule has 0 fully saturated rings. The lowest BCUT2D eigenvalue weighted by Crippen LogP contribution is -2.08. The molecule has 21 heavy (non-hydrogen) atoms. The van der Waals surface area contributed by atoms with Crippen molar-refractivity contribution in [1.29, 1.82) is 0 Å². The molecule has 0 amide bonds. The second-order valence-electron chi connectivity index (χ2n) is 4.54. The molecule has 0 radical (unpaired) electrons. The third-order valence-electron chi connectivity index (χ3n) is 3.12. The van der Waals surface area contributed by atoms with Crippen molar-refractivity contribution in [1.82, 2.24) is 9.55 Å². The van der Waals surface area contributed by atoms with Gasteiger partial charge in [0, 0.05) is 20.2 Å². The van der Waals surface area contributed by atoms with Gasteiger partial charge in [-0.1, -0.05) is 24.3 Å². The molecule has 112 valence electrons. The van der Waals surface area contributed by atoms with Crippen molar-refractivity contribution >= 4 is 11.6 Å². The predicted molar refractivity (Wildman–Crippen MR) is 79.0 cm³/mol. The van der Waals surface area contributed by atoms with Gasteiger partial charge < -0.3 is 20.2 Å². The molecule has 0 aliphatic carbocycles. The molecular weight excluding hydrogens is 272 g/mol. The van der Waals surface area contributed by atoms with Gasteiger partial charge in [0.2, 0.25) is 12.1 Å². The van der Waals surface area contributed by atoms with E-state index in [1.165, 1.54) is 6.33 Å². The SMILES string of the molecule is CCOCc1ccccc1CNc1c([N+](=O)[O-])ncn1C. The maximum Gasteiger partial charge on any atom is 0.406 e. The van der Waals surface area contributed by atoms with Gasteiger partial charge in [0.05, 0.1) is 6.61 Å². The molecule has 0 aliphatic heterocycles. The van der Waals surface area contributed by atoms with Gasteiger partial charge in [-0.3, -0.25) is 4.57 Å². The summed E-state index contributed by atoms with van der Waals surface area (Å²) < 4.78 is 7.03. The number of ether oxygens (including phenoxy) is 1. The molecule has 0 saturated carbocycles. The molecule has 7 nitrogen and oxygen atoms in total. The van der Waals surface area contributed by atoms with Gasteiger partial charge in [-0.2, -0.15) is 0 Å². The molecule has 0 saturated heterocycles. The molecule has 7 heteroatoms. The van der Waals surface area contributed by atoms with E-state index in [-0.39, 0.29) is 5.82 Å². The summed E-state index contributed by atoms with van der Waals surface area (Å²) >= 11 is 0. The molecule has 1 aromatic heterocycles. The first-order chi connectivity index (χ1) is 10.1. The fraction of sp³-hybridized carbons (Fsp3) is 0.357. The summed E-state index contributed by atoms with van der Waals surface area (Å²) in [5.41, 5.74) is 2.11. The third kappa shape index (κ3) is 3.57. The van der Waals surface area contributed by atoms with Crippen LogP contribution in [0.4, 0.5) is 11.6 Å². The van der Waals surface area contributed by atoms with Crippen LogP contribution in [-0.2, 0) is 24.9 Å². The second-order valence-corrected chi connectivity index (χ2v) is 4.54. The number of nitrogens with zero attached hydrogens (tertiary/aromatic N) is 3. The van der Waals surface area contributed by atoms with E-state index >= 15 is 0 Å². The maximum atomic E-state index is 10.9. The molecular formula is C14H18N4O3. The number of aryl methyl sites for hydroxylation is 1. The molecule has 0 unspecified atom stereocenters. The Morgan fingerprint density at radius 2 is 2.10 bits per heavy atom. The van der Waals surface area contributed by atoms with Crippen LogP contribution in [0.2, 0.25) is 0 Å². The Labute approximate surface area is 122 Å². The number of nitrogens with one attached hydrogen (secondary N) is 1. The highest BCUT2D eigenvalue weighted by Gasteiger charge is 2.19. The Bertz CT molecular complexity index is 624. The first-order valence-corrected chi connectivity index (χ1v) is 6.67. The second kappa shape index (κ2) is 6.85. The zero-order chi connectivity index (χ0) is 15.2. The normalized spacial score (nSPS) is 10.6. The lowest BCUT2D eigenvalue weighted by Gasteiger charge is -2.11. The number of nitro groups is 1. The summed E-state index contributed by atoms with van der Waals surface area (Å²) in [6.07, 6.45) is 1.42. The van der Waals surface area contributed by atoms with Gasteiger partial charge in [-0.15, -0.1) is 0 Å². The van der Waals surface area contributed by atoms with Gasteiger partial charge in [-0.05, 0) is 28.0 Å². The first-order valence-electron chi connectivity index (χ1n) is 6.67. The number of anilines is 1. The fourth-order valence-electron chi connectivity index (χ4n) is 2.02. The Kier molecular flexibility index (Phi) is 4.89. The van der Waals surface area contributed by atoms with Gasteiger partial charge in [-0.25, -0.2) is 0 Å². The Hall–Kier alpha value is -2.41. The topological polar surface area (TPSA) is 82.2 Å². The molecule has 1 heterocycles. The minimum Gasteiger partial charge on any atom is -0.377 e. The van der Waals surface area contributed by atoms with Crippen LogP contribution in [0.3, 0.4) is 0 Å². The molecule has 0 bridgehead atoms. The minimum atomic E-state index is -0.492. The fourth-order valence-corrected chi connectivity index (χ4v) is 2.02. The van der Waals surface area contributed by atoms with Gasteiger partial charge in [0.1, 0.15) is 0 Å². The van der Waals surface area contributed by atoms with E-state index in [0.717, 1.165) is 11.1 Å². The van der Waals surface area contributed by atoms with Crippen molar-refractivity contribution < 1.29 is 9.66 Å². The Balaban J connectivity index is 2.13. The molecule has 2 aromatic rings. The van der Waals surface area contributed by atoms with Crippen molar-refractivity contribution in [2.75, 3.05) is 11.9 Å². The van der Waals surface area contributed by atoms with Crippen LogP contribution in [0.15, 0.2) is 30.6 Å². The Morgan fingerprint density at radius 3 is 2.76 bits per heavy atom. The quantitative estimate of drug-likeness (QED) is 0.625. The number of hydrogen-bond donors (Lipinski definition) is 1. The van der Waals surface area contributed by atoms with Crippen molar-refractivity contribution in [3.63, 3.8) is 0 Å². The number of benzene rings is 1. The highest BCUT2D eigenvalue weighted by Crippen LogP contribution is 2.22. The van der Waals surface area contributed by atoms with E-state index in [0.29, 0.717) is 25.6 Å². The van der Waals surface area contributed by atoms with Crippen molar-refractivity contribution in [3.05, 3.63) is 51.8 Å². The van der Waals surface area contributed by atoms with Crippen LogP contribution in [-0.4, -0.2) is 21.1 Å². The molecule has 1 aromatic carbocycles. The van der Waals surface area contributed by atoms with Crippen LogP contribution in [0.1, 0.15) is 18.1 Å². The maximum absolute atomic E-state index is 10.9.